The molecule has 226 valence electrons. The second-order valence-electron chi connectivity index (χ2n) is 9.04. The zero-order valence-electron chi connectivity index (χ0n) is 25.0. The van der Waals surface area contributed by atoms with Crippen LogP contribution in [0.1, 0.15) is 74.6 Å². The Morgan fingerprint density at radius 3 is 2.26 bits per heavy atom. The van der Waals surface area contributed by atoms with E-state index in [0.29, 0.717) is 25.4 Å². The number of carbonyl (C=O) groups excluding carboxylic acids is 4. The molecule has 4 amide bonds. The number of nitrogens with one attached hydrogen (secondary N) is 2. The van der Waals surface area contributed by atoms with Gasteiger partial charge in [0.05, 0.1) is 12.6 Å². The third-order valence-corrected chi connectivity index (χ3v) is 7.09. The third-order valence-electron chi connectivity index (χ3n) is 6.33. The molecule has 0 radical (unpaired) electrons. The minimum absolute atomic E-state index is 0.150. The van der Waals surface area contributed by atoms with Gasteiger partial charge in [-0.2, -0.15) is 0 Å². The van der Waals surface area contributed by atoms with Crippen molar-refractivity contribution in [3.05, 3.63) is 76.8 Å². The lowest BCUT2D eigenvalue weighted by atomic mass is 9.91. The van der Waals surface area contributed by atoms with Crippen LogP contribution in [-0.2, 0) is 14.3 Å². The first-order valence-electron chi connectivity index (χ1n) is 13.9. The number of amides is 4. The molecule has 0 aliphatic rings. The van der Waals surface area contributed by atoms with Gasteiger partial charge < -0.3 is 20.1 Å². The Labute approximate surface area is 251 Å². The van der Waals surface area contributed by atoms with E-state index in [1.165, 1.54) is 0 Å². The number of carbonyl (C=O) groups is 4. The molecule has 2 aromatic carbocycles. The van der Waals surface area contributed by atoms with Crippen LogP contribution in [0.15, 0.2) is 60.0 Å². The Morgan fingerprint density at radius 1 is 1.00 bits per heavy atom. The highest BCUT2D eigenvalue weighted by Gasteiger charge is 2.36. The summed E-state index contributed by atoms with van der Waals surface area (Å²) >= 11 is 1.10. The summed E-state index contributed by atoms with van der Waals surface area (Å²) < 4.78 is 10.6. The molecule has 2 N–H and O–H groups in total. The monoisotopic (exact) mass is 596 g/mol. The molecule has 10 nitrogen and oxygen atoms in total. The Balaban J connectivity index is 0.00000301. The number of methoxy groups -OCH3 is 1. The molecule has 11 heteroatoms. The van der Waals surface area contributed by atoms with E-state index in [1.807, 2.05) is 56.3 Å². The second-order valence-corrected chi connectivity index (χ2v) is 9.90. The van der Waals surface area contributed by atoms with Crippen LogP contribution in [0.5, 0.6) is 5.75 Å². The number of nitrogens with zero attached hydrogens (tertiary/aromatic N) is 2. The molecule has 1 heterocycles. The molecule has 3 aromatic rings. The lowest BCUT2D eigenvalue weighted by Gasteiger charge is -2.31. The molecule has 0 bridgehead atoms. The largest absolute Gasteiger partial charge is 0.491 e. The molecule has 0 aliphatic heterocycles. The number of aromatic nitrogens is 1. The van der Waals surface area contributed by atoms with Crippen LogP contribution < -0.4 is 15.4 Å². The van der Waals surface area contributed by atoms with Gasteiger partial charge in [0.1, 0.15) is 24.1 Å². The van der Waals surface area contributed by atoms with Crippen molar-refractivity contribution < 1.29 is 28.7 Å². The number of thiazole rings is 1. The molecule has 3 unspecified atom stereocenters. The van der Waals surface area contributed by atoms with E-state index >= 15 is 0 Å². The Kier molecular flexibility index (Phi) is 14.3. The summed E-state index contributed by atoms with van der Waals surface area (Å²) in [6.07, 6.45) is 0.637. The van der Waals surface area contributed by atoms with Gasteiger partial charge >= 0.3 is 6.03 Å². The van der Waals surface area contributed by atoms with E-state index in [2.05, 4.69) is 15.6 Å². The first kappa shape index (κ1) is 34.1. The number of urea groups is 1. The van der Waals surface area contributed by atoms with E-state index < -0.39 is 29.9 Å². The van der Waals surface area contributed by atoms with E-state index in [0.717, 1.165) is 27.4 Å². The summed E-state index contributed by atoms with van der Waals surface area (Å²) in [5.41, 5.74) is 1.80. The molecule has 0 fully saturated rings. The van der Waals surface area contributed by atoms with Crippen molar-refractivity contribution in [1.82, 2.24) is 15.2 Å². The summed E-state index contributed by atoms with van der Waals surface area (Å²) in [7, 11) is 1.60. The van der Waals surface area contributed by atoms with E-state index in [-0.39, 0.29) is 23.0 Å². The number of benzene rings is 2. The first-order valence-corrected chi connectivity index (χ1v) is 14.8. The maximum absolute atomic E-state index is 13.5. The number of Topliss-reactive ketones (excluding diaryl/α,β-unsaturated/α-hetero) is 1. The summed E-state index contributed by atoms with van der Waals surface area (Å²) in [6.45, 7) is 10.1. The fourth-order valence-corrected chi connectivity index (χ4v) is 4.75. The number of hydrogen-bond donors (Lipinski definition) is 2. The van der Waals surface area contributed by atoms with Crippen LogP contribution in [0.3, 0.4) is 0 Å². The molecule has 3 atom stereocenters. The minimum Gasteiger partial charge on any atom is -0.491 e. The summed E-state index contributed by atoms with van der Waals surface area (Å²) in [4.78, 5) is 56.3. The quantitative estimate of drug-likeness (QED) is 0.136. The Morgan fingerprint density at radius 2 is 1.67 bits per heavy atom. The second kappa shape index (κ2) is 17.7. The lowest BCUT2D eigenvalue weighted by molar-refractivity contribution is -0.127. The standard InChI is InChI=1S/C29H34N4O6S.C2H6/c1-5-25(35)24-17-40-28(31-24)32-27(36)26(19(2)21-9-7-6-8-10-21)33(18-34)29(37)30-20(3)22-11-13-23(14-12-22)39-16-15-38-4;1-2/h6-14,17-20,26H,5,15-16H2,1-4H3,(H,30,37)(H,31,32,36);1-2H3. The minimum atomic E-state index is -1.20. The predicted molar refractivity (Wildman–Crippen MR) is 164 cm³/mol. The van der Waals surface area contributed by atoms with Crippen molar-refractivity contribution >= 4 is 40.6 Å². The molecule has 0 saturated heterocycles. The topological polar surface area (TPSA) is 127 Å². The lowest BCUT2D eigenvalue weighted by Crippen LogP contribution is -2.53. The Bertz CT molecular complexity index is 1280. The van der Waals surface area contributed by atoms with Crippen molar-refractivity contribution in [3.63, 3.8) is 0 Å². The van der Waals surface area contributed by atoms with Gasteiger partial charge in [0, 0.05) is 24.8 Å². The van der Waals surface area contributed by atoms with Gasteiger partial charge in [-0.25, -0.2) is 9.78 Å². The smallest absolute Gasteiger partial charge is 0.325 e. The number of rotatable bonds is 14. The van der Waals surface area contributed by atoms with Crippen LogP contribution in [0.4, 0.5) is 9.93 Å². The van der Waals surface area contributed by atoms with Crippen molar-refractivity contribution in [3.8, 4) is 5.75 Å². The Hall–Kier alpha value is -4.09. The van der Waals surface area contributed by atoms with E-state index in [1.54, 1.807) is 45.4 Å². The summed E-state index contributed by atoms with van der Waals surface area (Å²) in [5.74, 6) is -0.641. The van der Waals surface area contributed by atoms with Crippen LogP contribution in [-0.4, -0.2) is 60.4 Å². The zero-order valence-corrected chi connectivity index (χ0v) is 25.8. The summed E-state index contributed by atoms with van der Waals surface area (Å²) in [6, 6.07) is 13.9. The molecule has 0 spiro atoms. The van der Waals surface area contributed by atoms with Crippen molar-refractivity contribution in [2.75, 3.05) is 25.6 Å². The van der Waals surface area contributed by atoms with E-state index in [4.69, 9.17) is 9.47 Å². The molecule has 0 saturated carbocycles. The summed E-state index contributed by atoms with van der Waals surface area (Å²) in [5, 5.41) is 7.27. The molecule has 3 rings (SSSR count). The van der Waals surface area contributed by atoms with Crippen LogP contribution in [0, 0.1) is 0 Å². The normalized spacial score (nSPS) is 12.5. The average molecular weight is 597 g/mol. The van der Waals surface area contributed by atoms with Crippen LogP contribution >= 0.6 is 11.3 Å². The zero-order chi connectivity index (χ0) is 31.1. The maximum atomic E-state index is 13.5. The van der Waals surface area contributed by atoms with Gasteiger partial charge in [0.2, 0.25) is 12.3 Å². The van der Waals surface area contributed by atoms with Crippen molar-refractivity contribution in [1.29, 1.82) is 0 Å². The van der Waals surface area contributed by atoms with Gasteiger partial charge in [-0.1, -0.05) is 70.2 Å². The number of imide groups is 1. The number of anilines is 1. The van der Waals surface area contributed by atoms with Crippen molar-refractivity contribution in [2.24, 2.45) is 0 Å². The number of ether oxygens (including phenoxy) is 2. The average Bonchev–Trinajstić information content (AvgIpc) is 3.49. The number of hydrogen-bond acceptors (Lipinski definition) is 8. The van der Waals surface area contributed by atoms with Crippen LogP contribution in [0.2, 0.25) is 0 Å². The maximum Gasteiger partial charge on any atom is 0.325 e. The predicted octanol–water partition coefficient (Wildman–Crippen LogP) is 5.83. The van der Waals surface area contributed by atoms with Gasteiger partial charge in [-0.3, -0.25) is 19.3 Å². The molecular weight excluding hydrogens is 556 g/mol. The van der Waals surface area contributed by atoms with Crippen LogP contribution in [0.25, 0.3) is 0 Å². The van der Waals surface area contributed by atoms with Gasteiger partial charge in [-0.15, -0.1) is 11.3 Å². The molecular formula is C31H40N4O6S. The van der Waals surface area contributed by atoms with E-state index in [9.17, 15) is 19.2 Å². The van der Waals surface area contributed by atoms with Gasteiger partial charge in [-0.05, 0) is 30.2 Å². The SMILES string of the molecule is CC.CCC(=O)c1csc(NC(=O)C(C(C)c2ccccc2)N(C=O)C(=O)NC(C)c2ccc(OCCOC)cc2)n1. The van der Waals surface area contributed by atoms with Gasteiger partial charge in [0.15, 0.2) is 10.9 Å². The molecule has 42 heavy (non-hydrogen) atoms. The number of ketones is 1. The highest BCUT2D eigenvalue weighted by atomic mass is 32.1. The van der Waals surface area contributed by atoms with Gasteiger partial charge in [0.25, 0.3) is 0 Å². The third kappa shape index (κ3) is 9.49. The fourth-order valence-electron chi connectivity index (χ4n) is 4.03. The highest BCUT2D eigenvalue weighted by molar-refractivity contribution is 7.14. The first-order chi connectivity index (χ1) is 20.3. The fraction of sp³-hybridized carbons (Fsp3) is 0.387. The molecule has 0 aliphatic carbocycles. The molecule has 1 aromatic heterocycles. The van der Waals surface area contributed by atoms with Crippen molar-refractivity contribution in [2.45, 2.75) is 59.0 Å². The highest BCUT2D eigenvalue weighted by Crippen LogP contribution is 2.26.